The molecule has 0 aliphatic carbocycles. The number of hydrogen-bond donors (Lipinski definition) is 3. The minimum Gasteiger partial charge on any atom is -0.489 e. The number of hydrazone groups is 1. The van der Waals surface area contributed by atoms with Crippen LogP contribution in [0.5, 0.6) is 5.75 Å². The number of nitrogens with one attached hydrogen (secondary N) is 3. The number of halogens is 2. The minimum atomic E-state index is -0.702. The Labute approximate surface area is 186 Å². The van der Waals surface area contributed by atoms with Crippen LogP contribution in [-0.2, 0) is 17.8 Å². The van der Waals surface area contributed by atoms with E-state index in [0.29, 0.717) is 21.4 Å². The van der Waals surface area contributed by atoms with Crippen LogP contribution in [0.25, 0.3) is 0 Å². The Morgan fingerprint density at radius 3 is 2.52 bits per heavy atom. The zero-order chi connectivity index (χ0) is 22.2. The topological polar surface area (TPSA) is 129 Å². The molecule has 0 aliphatic rings. The molecule has 2 aromatic carbocycles. The van der Waals surface area contributed by atoms with E-state index in [9.17, 15) is 14.4 Å². The van der Waals surface area contributed by atoms with Crippen molar-refractivity contribution in [3.63, 3.8) is 0 Å². The molecule has 0 saturated carbocycles. The molecule has 1 aromatic heterocycles. The van der Waals surface area contributed by atoms with E-state index >= 15 is 0 Å². The van der Waals surface area contributed by atoms with Gasteiger partial charge in [-0.3, -0.25) is 14.6 Å². The van der Waals surface area contributed by atoms with E-state index in [2.05, 4.69) is 20.7 Å². The molecule has 0 atom stereocenters. The Bertz CT molecular complexity index is 1180. The predicted octanol–water partition coefficient (Wildman–Crippen LogP) is 2.43. The summed E-state index contributed by atoms with van der Waals surface area (Å²) in [5.41, 5.74) is 2.54. The van der Waals surface area contributed by atoms with Crippen molar-refractivity contribution in [2.24, 2.45) is 5.10 Å². The molecule has 1 heterocycles. The Kier molecular flexibility index (Phi) is 7.58. The van der Waals surface area contributed by atoms with E-state index in [1.54, 1.807) is 42.5 Å². The summed E-state index contributed by atoms with van der Waals surface area (Å²) in [7, 11) is 0. The largest absolute Gasteiger partial charge is 0.489 e. The fourth-order valence-electron chi connectivity index (χ4n) is 2.48. The average Bonchev–Trinajstić information content (AvgIpc) is 2.74. The number of carbonyl (C=O) groups excluding carboxylic acids is 1. The predicted molar refractivity (Wildman–Crippen MR) is 117 cm³/mol. The first-order valence-electron chi connectivity index (χ1n) is 9.08. The summed E-state index contributed by atoms with van der Waals surface area (Å²) in [6.45, 7) is 0.231. The van der Waals surface area contributed by atoms with Gasteiger partial charge in [0.25, 0.3) is 5.56 Å². The summed E-state index contributed by atoms with van der Waals surface area (Å²) in [6.07, 6.45) is 1.52. The van der Waals surface area contributed by atoms with Crippen molar-refractivity contribution in [1.82, 2.24) is 20.6 Å². The molecule has 3 aromatic rings. The van der Waals surface area contributed by atoms with Gasteiger partial charge in [0.1, 0.15) is 18.1 Å². The highest BCUT2D eigenvalue weighted by Crippen LogP contribution is 2.25. The zero-order valence-electron chi connectivity index (χ0n) is 16.0. The number of benzene rings is 2. The third-order valence-electron chi connectivity index (χ3n) is 4.10. The Morgan fingerprint density at radius 1 is 1.13 bits per heavy atom. The van der Waals surface area contributed by atoms with Crippen molar-refractivity contribution in [1.29, 1.82) is 0 Å². The number of aryl methyl sites for hydroxylation is 1. The molecule has 160 valence electrons. The van der Waals surface area contributed by atoms with Crippen molar-refractivity contribution in [2.75, 3.05) is 0 Å². The van der Waals surface area contributed by atoms with E-state index in [-0.39, 0.29) is 25.1 Å². The van der Waals surface area contributed by atoms with Gasteiger partial charge in [0.2, 0.25) is 5.91 Å². The maximum Gasteiger partial charge on any atom is 0.342 e. The van der Waals surface area contributed by atoms with Crippen LogP contribution >= 0.6 is 23.2 Å². The molecule has 31 heavy (non-hydrogen) atoms. The van der Waals surface area contributed by atoms with Crippen LogP contribution < -0.4 is 21.4 Å². The van der Waals surface area contributed by atoms with Crippen LogP contribution in [0.1, 0.15) is 23.2 Å². The number of aromatic amines is 2. The van der Waals surface area contributed by atoms with Crippen molar-refractivity contribution >= 4 is 35.3 Å². The quantitative estimate of drug-likeness (QED) is 0.350. The molecule has 1 amide bonds. The highest BCUT2D eigenvalue weighted by atomic mass is 35.5. The highest BCUT2D eigenvalue weighted by molar-refractivity contribution is 6.35. The van der Waals surface area contributed by atoms with Gasteiger partial charge in [-0.1, -0.05) is 29.3 Å². The standard InChI is InChI=1S/C20H17Cl2N5O4/c21-15-2-1-3-16(22)14(15)11-31-13-6-4-12(5-7-13)10-23-26-18(28)9-8-17-19(29)24-20(30)27-25-17/h1-7,10H,8-9,11H2,(H,26,28)(H2,24,27,29,30)/b23-10-. The first-order valence-corrected chi connectivity index (χ1v) is 9.83. The third kappa shape index (κ3) is 6.53. The van der Waals surface area contributed by atoms with Crippen LogP contribution in [0, 0.1) is 0 Å². The Hall–Kier alpha value is -3.43. The van der Waals surface area contributed by atoms with Crippen LogP contribution in [0.15, 0.2) is 57.2 Å². The number of ether oxygens (including phenoxy) is 1. The van der Waals surface area contributed by atoms with Gasteiger partial charge in [-0.25, -0.2) is 15.3 Å². The summed E-state index contributed by atoms with van der Waals surface area (Å²) in [4.78, 5) is 36.3. The molecule has 11 heteroatoms. The lowest BCUT2D eigenvalue weighted by Crippen LogP contribution is -2.28. The normalized spacial score (nSPS) is 10.9. The molecular weight excluding hydrogens is 445 g/mol. The minimum absolute atomic E-state index is 0.0170. The fourth-order valence-corrected chi connectivity index (χ4v) is 2.99. The lowest BCUT2D eigenvalue weighted by molar-refractivity contribution is -0.121. The molecule has 3 rings (SSSR count). The lowest BCUT2D eigenvalue weighted by Gasteiger charge is -2.09. The number of amides is 1. The molecule has 9 nitrogen and oxygen atoms in total. The van der Waals surface area contributed by atoms with Crippen LogP contribution in [0.3, 0.4) is 0 Å². The van der Waals surface area contributed by atoms with Gasteiger partial charge < -0.3 is 4.74 Å². The average molecular weight is 462 g/mol. The summed E-state index contributed by atoms with van der Waals surface area (Å²) in [6, 6.07) is 12.3. The summed E-state index contributed by atoms with van der Waals surface area (Å²) >= 11 is 12.2. The Balaban J connectivity index is 1.47. The zero-order valence-corrected chi connectivity index (χ0v) is 17.5. The molecule has 0 aliphatic heterocycles. The number of rotatable bonds is 8. The molecule has 0 radical (unpaired) electrons. The first kappa shape index (κ1) is 22.3. The third-order valence-corrected chi connectivity index (χ3v) is 4.81. The SMILES string of the molecule is O=C(CCc1n[nH]c(=O)[nH]c1=O)N/N=C\c1ccc(OCc2c(Cl)cccc2Cl)cc1. The summed E-state index contributed by atoms with van der Waals surface area (Å²) < 4.78 is 5.70. The van der Waals surface area contributed by atoms with Crippen molar-refractivity contribution in [2.45, 2.75) is 19.4 Å². The highest BCUT2D eigenvalue weighted by Gasteiger charge is 2.07. The van der Waals surface area contributed by atoms with Crippen LogP contribution in [0.2, 0.25) is 10.0 Å². The molecule has 3 N–H and O–H groups in total. The maximum atomic E-state index is 11.8. The van der Waals surface area contributed by atoms with Crippen LogP contribution in [-0.4, -0.2) is 27.3 Å². The van der Waals surface area contributed by atoms with E-state index in [1.807, 2.05) is 4.98 Å². The van der Waals surface area contributed by atoms with Crippen molar-refractivity contribution < 1.29 is 9.53 Å². The van der Waals surface area contributed by atoms with Crippen molar-refractivity contribution in [3.05, 3.63) is 90.2 Å². The van der Waals surface area contributed by atoms with E-state index < -0.39 is 17.2 Å². The molecule has 0 saturated heterocycles. The second-order valence-corrected chi connectivity index (χ2v) is 7.12. The van der Waals surface area contributed by atoms with E-state index in [4.69, 9.17) is 27.9 Å². The van der Waals surface area contributed by atoms with Crippen LogP contribution in [0.4, 0.5) is 0 Å². The van der Waals surface area contributed by atoms with Gasteiger partial charge in [-0.15, -0.1) is 0 Å². The molecular formula is C20H17Cl2N5O4. The lowest BCUT2D eigenvalue weighted by atomic mass is 10.2. The number of hydrogen-bond acceptors (Lipinski definition) is 6. The van der Waals surface area contributed by atoms with Crippen molar-refractivity contribution in [3.8, 4) is 5.75 Å². The Morgan fingerprint density at radius 2 is 1.84 bits per heavy atom. The molecule has 0 spiro atoms. The number of H-pyrrole nitrogens is 2. The van der Waals surface area contributed by atoms with E-state index in [1.165, 1.54) is 6.21 Å². The molecule has 0 unspecified atom stereocenters. The first-order chi connectivity index (χ1) is 14.9. The summed E-state index contributed by atoms with van der Waals surface area (Å²) in [5.74, 6) is 0.219. The fraction of sp³-hybridized carbons (Fsp3) is 0.150. The van der Waals surface area contributed by atoms with Gasteiger partial charge in [-0.2, -0.15) is 10.2 Å². The van der Waals surface area contributed by atoms with Gasteiger partial charge in [0.15, 0.2) is 0 Å². The van der Waals surface area contributed by atoms with E-state index in [0.717, 1.165) is 5.56 Å². The molecule has 0 bridgehead atoms. The number of nitrogens with zero attached hydrogens (tertiary/aromatic N) is 2. The van der Waals surface area contributed by atoms with Gasteiger partial charge in [0, 0.05) is 28.5 Å². The second-order valence-electron chi connectivity index (χ2n) is 6.30. The number of carbonyl (C=O) groups is 1. The number of aromatic nitrogens is 3. The van der Waals surface area contributed by atoms with Gasteiger partial charge in [0.05, 0.1) is 6.21 Å². The van der Waals surface area contributed by atoms with Gasteiger partial charge >= 0.3 is 5.69 Å². The smallest absolute Gasteiger partial charge is 0.342 e. The molecule has 0 fully saturated rings. The summed E-state index contributed by atoms with van der Waals surface area (Å²) in [5, 5.41) is 10.7. The maximum absolute atomic E-state index is 11.8. The monoisotopic (exact) mass is 461 g/mol. The van der Waals surface area contributed by atoms with Gasteiger partial charge in [-0.05, 0) is 42.0 Å². The second kappa shape index (κ2) is 10.6.